The molecule has 1 aliphatic carbocycles. The number of esters is 1. The molecule has 0 saturated heterocycles. The zero-order valence-corrected chi connectivity index (χ0v) is 27.9. The minimum absolute atomic E-state index is 0.0907. The highest BCUT2D eigenvalue weighted by molar-refractivity contribution is 5.86. The number of nitrogens with one attached hydrogen (secondary N) is 3. The Bertz CT molecular complexity index is 1370. The van der Waals surface area contributed by atoms with Crippen LogP contribution in [-0.2, 0) is 23.9 Å². The van der Waals surface area contributed by atoms with Crippen LogP contribution in [0.5, 0.6) is 0 Å². The molecule has 0 heterocycles. The Labute approximate surface area is 278 Å². The number of hydrogen-bond donors (Lipinski definition) is 4. The van der Waals surface area contributed by atoms with Gasteiger partial charge in [0.1, 0.15) is 19.3 Å². The van der Waals surface area contributed by atoms with Gasteiger partial charge in [-0.25, -0.2) is 9.59 Å². The Morgan fingerprint density at radius 3 is 2.09 bits per heavy atom. The highest BCUT2D eigenvalue weighted by atomic mass is 16.6. The molecular formula is C37H49N3O7. The Balaban J connectivity index is 1.62. The Morgan fingerprint density at radius 1 is 0.915 bits per heavy atom. The molecule has 254 valence electrons. The predicted molar refractivity (Wildman–Crippen MR) is 181 cm³/mol. The van der Waals surface area contributed by atoms with Crippen LogP contribution in [0.1, 0.15) is 70.4 Å². The molecular weight excluding hydrogens is 598 g/mol. The van der Waals surface area contributed by atoms with E-state index >= 15 is 0 Å². The molecule has 1 aliphatic rings. The third-order valence-corrected chi connectivity index (χ3v) is 8.27. The fourth-order valence-electron chi connectivity index (χ4n) is 5.47. The predicted octanol–water partition coefficient (Wildman–Crippen LogP) is 5.01. The summed E-state index contributed by atoms with van der Waals surface area (Å²) >= 11 is 0. The molecule has 10 nitrogen and oxygen atoms in total. The van der Waals surface area contributed by atoms with Gasteiger partial charge in [-0.15, -0.1) is 13.2 Å². The number of ether oxygens (including phenoxy) is 2. The van der Waals surface area contributed by atoms with Gasteiger partial charge >= 0.3 is 12.1 Å². The van der Waals surface area contributed by atoms with Crippen molar-refractivity contribution in [3.63, 3.8) is 0 Å². The quantitative estimate of drug-likeness (QED) is 0.140. The molecule has 2 aromatic carbocycles. The number of carbonyl (C=O) groups excluding carboxylic acids is 4. The van der Waals surface area contributed by atoms with E-state index in [0.29, 0.717) is 6.42 Å². The van der Waals surface area contributed by atoms with E-state index in [4.69, 9.17) is 9.47 Å². The molecule has 0 bridgehead atoms. The average Bonchev–Trinajstić information content (AvgIpc) is 3.36. The molecule has 0 saturated carbocycles. The van der Waals surface area contributed by atoms with Crippen molar-refractivity contribution >= 4 is 23.9 Å². The van der Waals surface area contributed by atoms with Crippen LogP contribution in [0.4, 0.5) is 4.79 Å². The lowest BCUT2D eigenvalue weighted by Gasteiger charge is -2.32. The fraction of sp³-hybridized carbons (Fsp3) is 0.459. The molecule has 4 atom stereocenters. The molecule has 3 rings (SSSR count). The summed E-state index contributed by atoms with van der Waals surface area (Å²) in [6.07, 6.45) is 3.35. The highest BCUT2D eigenvalue weighted by Crippen LogP contribution is 2.44. The van der Waals surface area contributed by atoms with Gasteiger partial charge in [0.2, 0.25) is 11.8 Å². The number of aliphatic hydroxyl groups excluding tert-OH is 1. The second kappa shape index (κ2) is 17.5. The zero-order chi connectivity index (χ0) is 34.6. The van der Waals surface area contributed by atoms with Crippen molar-refractivity contribution < 1.29 is 33.8 Å². The number of amides is 3. The second-order valence-electron chi connectivity index (χ2n) is 13.0. The van der Waals surface area contributed by atoms with E-state index in [9.17, 15) is 24.3 Å². The van der Waals surface area contributed by atoms with E-state index in [-0.39, 0.29) is 56.8 Å². The molecule has 0 aromatic heterocycles. The number of aliphatic hydroxyl groups is 1. The first-order chi connectivity index (χ1) is 22.4. The molecule has 0 spiro atoms. The van der Waals surface area contributed by atoms with Gasteiger partial charge < -0.3 is 30.5 Å². The van der Waals surface area contributed by atoms with Gasteiger partial charge in [-0.2, -0.15) is 0 Å². The molecule has 0 aliphatic heterocycles. The topological polar surface area (TPSA) is 143 Å². The summed E-state index contributed by atoms with van der Waals surface area (Å²) in [6, 6.07) is 14.0. The average molecular weight is 648 g/mol. The lowest BCUT2D eigenvalue weighted by atomic mass is 9.86. The Kier molecular flexibility index (Phi) is 13.8. The van der Waals surface area contributed by atoms with E-state index in [2.05, 4.69) is 41.2 Å². The summed E-state index contributed by atoms with van der Waals surface area (Å²) in [6.45, 7) is 14.5. The maximum atomic E-state index is 13.3. The smallest absolute Gasteiger partial charge is 0.407 e. The van der Waals surface area contributed by atoms with Gasteiger partial charge in [-0.1, -0.05) is 81.5 Å². The normalized spacial score (nSPS) is 14.7. The summed E-state index contributed by atoms with van der Waals surface area (Å²) in [5, 5.41) is 17.5. The first-order valence-electron chi connectivity index (χ1n) is 16.1. The molecule has 0 unspecified atom stereocenters. The van der Waals surface area contributed by atoms with E-state index in [0.717, 1.165) is 22.3 Å². The summed E-state index contributed by atoms with van der Waals surface area (Å²) in [7, 11) is 0. The van der Waals surface area contributed by atoms with Gasteiger partial charge in [0.25, 0.3) is 0 Å². The van der Waals surface area contributed by atoms with Crippen molar-refractivity contribution in [3.8, 4) is 11.1 Å². The van der Waals surface area contributed by atoms with Crippen molar-refractivity contribution in [2.75, 3.05) is 19.8 Å². The van der Waals surface area contributed by atoms with Crippen molar-refractivity contribution in [2.24, 2.45) is 11.3 Å². The SMILES string of the molecule is C=CCC[C@H](NC(=O)OCC1c2ccccc2-c2ccccc21)C(=O)OC[C@@H](NC(=O)[C@@H](CC=C)CC(=O)N[C@@H](C)CO)C(C)(C)C. The molecule has 4 N–H and O–H groups in total. The van der Waals surface area contributed by atoms with Crippen LogP contribution in [0.3, 0.4) is 0 Å². The number of hydrogen-bond acceptors (Lipinski definition) is 7. The van der Waals surface area contributed by atoms with Gasteiger partial charge in [0.15, 0.2) is 0 Å². The standard InChI is InChI=1S/C37H49N3O7/c1-7-9-19-31(39-36(45)47-22-30-28-17-12-10-15-26(28)27-16-11-13-18-29(27)30)35(44)46-23-32(37(4,5)6)40-34(43)25(14-8-2)20-33(42)38-24(3)21-41/h7-8,10-13,15-18,24-25,30-32,41H,1-2,9,14,19-23H2,3-6H3,(H,38,42)(H,39,45)(H,40,43)/t24-,25-,31-,32+/m0/s1. The first kappa shape index (κ1) is 37.0. The van der Waals surface area contributed by atoms with E-state index in [1.165, 1.54) is 0 Å². The number of allylic oxidation sites excluding steroid dienone is 2. The van der Waals surface area contributed by atoms with Crippen LogP contribution >= 0.6 is 0 Å². The molecule has 0 fully saturated rings. The largest absolute Gasteiger partial charge is 0.462 e. The van der Waals surface area contributed by atoms with Crippen LogP contribution in [-0.4, -0.2) is 66.9 Å². The van der Waals surface area contributed by atoms with Crippen LogP contribution < -0.4 is 16.0 Å². The number of carbonyl (C=O) groups is 4. The monoisotopic (exact) mass is 647 g/mol. The van der Waals surface area contributed by atoms with E-state index < -0.39 is 41.5 Å². The summed E-state index contributed by atoms with van der Waals surface area (Å²) in [5.74, 6) is -2.24. The van der Waals surface area contributed by atoms with Gasteiger partial charge in [-0.05, 0) is 53.9 Å². The second-order valence-corrected chi connectivity index (χ2v) is 13.0. The van der Waals surface area contributed by atoms with Gasteiger partial charge in [0, 0.05) is 18.4 Å². The number of benzene rings is 2. The lowest BCUT2D eigenvalue weighted by Crippen LogP contribution is -2.51. The molecule has 0 radical (unpaired) electrons. The van der Waals surface area contributed by atoms with Crippen molar-refractivity contribution in [3.05, 3.63) is 85.0 Å². The minimum atomic E-state index is -0.995. The third kappa shape index (κ3) is 10.5. The van der Waals surface area contributed by atoms with E-state index in [1.807, 2.05) is 57.2 Å². The van der Waals surface area contributed by atoms with Crippen LogP contribution in [0, 0.1) is 11.3 Å². The van der Waals surface area contributed by atoms with Gasteiger partial charge in [-0.3, -0.25) is 9.59 Å². The Hall–Kier alpha value is -4.44. The summed E-state index contributed by atoms with van der Waals surface area (Å²) in [5.41, 5.74) is 3.87. The lowest BCUT2D eigenvalue weighted by molar-refractivity contribution is -0.148. The molecule has 3 amide bonds. The molecule has 2 aromatic rings. The van der Waals surface area contributed by atoms with Gasteiger partial charge in [0.05, 0.1) is 18.6 Å². The summed E-state index contributed by atoms with van der Waals surface area (Å²) in [4.78, 5) is 51.9. The van der Waals surface area contributed by atoms with E-state index in [1.54, 1.807) is 19.1 Å². The number of rotatable bonds is 17. The maximum Gasteiger partial charge on any atom is 0.407 e. The third-order valence-electron chi connectivity index (χ3n) is 8.27. The van der Waals surface area contributed by atoms with Crippen molar-refractivity contribution in [1.82, 2.24) is 16.0 Å². The van der Waals surface area contributed by atoms with Crippen LogP contribution in [0.2, 0.25) is 0 Å². The molecule has 47 heavy (non-hydrogen) atoms. The number of fused-ring (bicyclic) bond motifs is 3. The van der Waals surface area contributed by atoms with Crippen LogP contribution in [0.25, 0.3) is 11.1 Å². The number of alkyl carbamates (subject to hydrolysis) is 1. The Morgan fingerprint density at radius 2 is 1.53 bits per heavy atom. The molecule has 10 heteroatoms. The minimum Gasteiger partial charge on any atom is -0.462 e. The maximum absolute atomic E-state index is 13.3. The summed E-state index contributed by atoms with van der Waals surface area (Å²) < 4.78 is 11.3. The zero-order valence-electron chi connectivity index (χ0n) is 27.9. The van der Waals surface area contributed by atoms with Crippen LogP contribution in [0.15, 0.2) is 73.8 Å². The first-order valence-corrected chi connectivity index (χ1v) is 16.1. The van der Waals surface area contributed by atoms with Crippen molar-refractivity contribution in [1.29, 1.82) is 0 Å². The highest BCUT2D eigenvalue weighted by Gasteiger charge is 2.33. The fourth-order valence-corrected chi connectivity index (χ4v) is 5.47. The van der Waals surface area contributed by atoms with Crippen molar-refractivity contribution in [2.45, 2.75) is 77.4 Å².